The van der Waals surface area contributed by atoms with Gasteiger partial charge in [0.25, 0.3) is 5.91 Å². The average Bonchev–Trinajstić information content (AvgIpc) is 2.71. The molecule has 1 atom stereocenters. The smallest absolute Gasteiger partial charge is 0.338 e. The zero-order valence-electron chi connectivity index (χ0n) is 16.0. The van der Waals surface area contributed by atoms with Crippen molar-refractivity contribution >= 4 is 17.8 Å². The summed E-state index contributed by atoms with van der Waals surface area (Å²) < 4.78 is 4.84. The van der Waals surface area contributed by atoms with Crippen molar-refractivity contribution in [2.75, 3.05) is 21.2 Å². The molecule has 0 bridgehead atoms. The summed E-state index contributed by atoms with van der Waals surface area (Å²) in [7, 11) is 4.58. The molecule has 0 aliphatic heterocycles. The van der Waals surface area contributed by atoms with Gasteiger partial charge in [-0.15, -0.1) is 0 Å². The van der Waals surface area contributed by atoms with Crippen molar-refractivity contribution in [2.24, 2.45) is 0 Å². The molecule has 1 N–H and O–H groups in total. The van der Waals surface area contributed by atoms with Gasteiger partial charge in [-0.25, -0.2) is 4.79 Å². The summed E-state index contributed by atoms with van der Waals surface area (Å²) in [6.45, 7) is 1.82. The maximum absolute atomic E-state index is 12.8. The first kappa shape index (κ1) is 20.2. The second-order valence-electron chi connectivity index (χ2n) is 6.26. The number of benzene rings is 2. The minimum atomic E-state index is -0.432. The molecule has 27 heavy (non-hydrogen) atoms. The van der Waals surface area contributed by atoms with Crippen LogP contribution in [0.3, 0.4) is 0 Å². The van der Waals surface area contributed by atoms with E-state index in [-0.39, 0.29) is 24.3 Å². The Morgan fingerprint density at radius 3 is 2.48 bits per heavy atom. The summed E-state index contributed by atoms with van der Waals surface area (Å²) in [5.74, 6) is -0.745. The Labute approximate surface area is 159 Å². The lowest BCUT2D eigenvalue weighted by Crippen LogP contribution is -2.38. The number of hydrogen-bond acceptors (Lipinski definition) is 4. The number of methoxy groups -OCH3 is 1. The van der Waals surface area contributed by atoms with Gasteiger partial charge in [-0.1, -0.05) is 30.3 Å². The second kappa shape index (κ2) is 8.98. The number of carbonyl (C=O) groups excluding carboxylic acids is 3. The van der Waals surface area contributed by atoms with Crippen molar-refractivity contribution < 1.29 is 19.1 Å². The minimum absolute atomic E-state index is 0.122. The molecule has 0 saturated heterocycles. The normalized spacial score (nSPS) is 11.4. The second-order valence-corrected chi connectivity index (χ2v) is 6.26. The number of carbonyl (C=O) groups is 3. The number of esters is 1. The van der Waals surface area contributed by atoms with E-state index in [4.69, 9.17) is 4.74 Å². The maximum Gasteiger partial charge on any atom is 0.338 e. The van der Waals surface area contributed by atoms with Crippen molar-refractivity contribution in [3.63, 3.8) is 0 Å². The fourth-order valence-electron chi connectivity index (χ4n) is 2.75. The van der Waals surface area contributed by atoms with E-state index < -0.39 is 5.97 Å². The molecule has 0 spiro atoms. The van der Waals surface area contributed by atoms with Gasteiger partial charge in [0.1, 0.15) is 0 Å². The molecule has 0 aliphatic rings. The molecule has 0 radical (unpaired) electrons. The lowest BCUT2D eigenvalue weighted by Gasteiger charge is -2.24. The number of ether oxygens (including phenoxy) is 1. The summed E-state index contributed by atoms with van der Waals surface area (Å²) in [4.78, 5) is 37.9. The molecule has 0 aromatic heterocycles. The Morgan fingerprint density at radius 2 is 1.81 bits per heavy atom. The molecule has 0 heterocycles. The van der Waals surface area contributed by atoms with E-state index in [1.54, 1.807) is 49.3 Å². The highest BCUT2D eigenvalue weighted by Crippen LogP contribution is 2.25. The number of nitrogens with one attached hydrogen (secondary N) is 1. The molecule has 0 saturated carbocycles. The van der Waals surface area contributed by atoms with Crippen molar-refractivity contribution in [3.05, 3.63) is 59.7 Å². The monoisotopic (exact) mass is 368 g/mol. The third kappa shape index (κ3) is 4.73. The van der Waals surface area contributed by atoms with E-state index in [0.717, 1.165) is 5.56 Å². The van der Waals surface area contributed by atoms with Crippen molar-refractivity contribution in [1.29, 1.82) is 0 Å². The molecule has 2 rings (SSSR count). The summed E-state index contributed by atoms with van der Waals surface area (Å²) in [5, 5.41) is 2.56. The zero-order chi connectivity index (χ0) is 20.0. The van der Waals surface area contributed by atoms with Crippen LogP contribution in [0.1, 0.15) is 34.1 Å². The maximum atomic E-state index is 12.8. The van der Waals surface area contributed by atoms with Crippen molar-refractivity contribution in [1.82, 2.24) is 10.2 Å². The Morgan fingerprint density at radius 1 is 1.11 bits per heavy atom. The van der Waals surface area contributed by atoms with Crippen LogP contribution in [0.4, 0.5) is 0 Å². The van der Waals surface area contributed by atoms with E-state index in [2.05, 4.69) is 5.32 Å². The van der Waals surface area contributed by atoms with Crippen LogP contribution in [0.25, 0.3) is 11.1 Å². The van der Waals surface area contributed by atoms with Crippen LogP contribution < -0.4 is 5.32 Å². The molecule has 2 amide bonds. The highest BCUT2D eigenvalue weighted by molar-refractivity contribution is 5.99. The van der Waals surface area contributed by atoms with Gasteiger partial charge in [-0.05, 0) is 36.2 Å². The predicted molar refractivity (Wildman–Crippen MR) is 103 cm³/mol. The van der Waals surface area contributed by atoms with Gasteiger partial charge in [0.05, 0.1) is 12.7 Å². The summed E-state index contributed by atoms with van der Waals surface area (Å²) in [5.41, 5.74) is 2.36. The average molecular weight is 368 g/mol. The third-order valence-electron chi connectivity index (χ3n) is 4.49. The minimum Gasteiger partial charge on any atom is -0.465 e. The first-order chi connectivity index (χ1) is 12.9. The van der Waals surface area contributed by atoms with Crippen LogP contribution in [0.15, 0.2) is 48.5 Å². The first-order valence-corrected chi connectivity index (χ1v) is 8.64. The molecule has 142 valence electrons. The molecule has 0 fully saturated rings. The van der Waals surface area contributed by atoms with Crippen molar-refractivity contribution in [2.45, 2.75) is 19.4 Å². The molecule has 6 nitrogen and oxygen atoms in total. The standard InChI is InChI=1S/C21H24N2O4/c1-14(12-19(24)22-2)23(3)20(25)16-9-7-8-15(13-16)17-10-5-6-11-18(17)21(26)27-4/h5-11,13-14H,12H2,1-4H3,(H,22,24). The van der Waals surface area contributed by atoms with Crippen LogP contribution in [0, 0.1) is 0 Å². The highest BCUT2D eigenvalue weighted by Gasteiger charge is 2.20. The number of hydrogen-bond donors (Lipinski definition) is 1. The van der Waals surface area contributed by atoms with Gasteiger partial charge in [-0.2, -0.15) is 0 Å². The van der Waals surface area contributed by atoms with Crippen molar-refractivity contribution in [3.8, 4) is 11.1 Å². The Balaban J connectivity index is 2.32. The van der Waals surface area contributed by atoms with Crippen LogP contribution in [-0.2, 0) is 9.53 Å². The molecule has 0 aliphatic carbocycles. The van der Waals surface area contributed by atoms with Crippen LogP contribution >= 0.6 is 0 Å². The molecule has 2 aromatic rings. The number of amides is 2. The molecule has 1 unspecified atom stereocenters. The molecular formula is C21H24N2O4. The lowest BCUT2D eigenvalue weighted by atomic mass is 9.97. The largest absolute Gasteiger partial charge is 0.465 e. The van der Waals surface area contributed by atoms with E-state index >= 15 is 0 Å². The molecule has 2 aromatic carbocycles. The zero-order valence-corrected chi connectivity index (χ0v) is 16.0. The SMILES string of the molecule is CNC(=O)CC(C)N(C)C(=O)c1cccc(-c2ccccc2C(=O)OC)c1. The predicted octanol–water partition coefficient (Wildman–Crippen LogP) is 2.74. The lowest BCUT2D eigenvalue weighted by molar-refractivity contribution is -0.121. The van der Waals surface area contributed by atoms with Gasteiger partial charge in [-0.3, -0.25) is 9.59 Å². The first-order valence-electron chi connectivity index (χ1n) is 8.64. The van der Waals surface area contributed by atoms with Gasteiger partial charge in [0.15, 0.2) is 0 Å². The Bertz CT molecular complexity index is 848. The van der Waals surface area contributed by atoms with E-state index in [1.807, 2.05) is 25.1 Å². The van der Waals surface area contributed by atoms with E-state index in [0.29, 0.717) is 16.7 Å². The molecule has 6 heteroatoms. The Hall–Kier alpha value is -3.15. The number of rotatable bonds is 6. The van der Waals surface area contributed by atoms with E-state index in [9.17, 15) is 14.4 Å². The molecular weight excluding hydrogens is 344 g/mol. The fourth-order valence-corrected chi connectivity index (χ4v) is 2.75. The van der Waals surface area contributed by atoms with Gasteiger partial charge < -0.3 is 15.0 Å². The van der Waals surface area contributed by atoms with Gasteiger partial charge in [0.2, 0.25) is 5.91 Å². The summed E-state index contributed by atoms with van der Waals surface area (Å²) >= 11 is 0. The fraction of sp³-hybridized carbons (Fsp3) is 0.286. The summed E-state index contributed by atoms with van der Waals surface area (Å²) in [6.07, 6.45) is 0.226. The van der Waals surface area contributed by atoms with Crippen LogP contribution in [-0.4, -0.2) is 49.9 Å². The van der Waals surface area contributed by atoms with Crippen LogP contribution in [0.2, 0.25) is 0 Å². The third-order valence-corrected chi connectivity index (χ3v) is 4.49. The quantitative estimate of drug-likeness (QED) is 0.796. The topological polar surface area (TPSA) is 75.7 Å². The van der Waals surface area contributed by atoms with E-state index in [1.165, 1.54) is 7.11 Å². The summed E-state index contributed by atoms with van der Waals surface area (Å²) in [6, 6.07) is 13.9. The highest BCUT2D eigenvalue weighted by atomic mass is 16.5. The van der Waals surface area contributed by atoms with Gasteiger partial charge >= 0.3 is 5.97 Å². The van der Waals surface area contributed by atoms with Crippen LogP contribution in [0.5, 0.6) is 0 Å². The number of nitrogens with zero attached hydrogens (tertiary/aromatic N) is 1. The van der Waals surface area contributed by atoms with Gasteiger partial charge in [0, 0.05) is 32.1 Å². The Kier molecular flexibility index (Phi) is 6.71.